The Balaban J connectivity index is 1.35. The Morgan fingerprint density at radius 1 is 1.19 bits per heavy atom. The van der Waals surface area contributed by atoms with Gasteiger partial charge in [0.25, 0.3) is 0 Å². The number of carbonyl (C=O) groups excluding carboxylic acids is 2. The first-order valence-electron chi connectivity index (χ1n) is 12.0. The van der Waals surface area contributed by atoms with Gasteiger partial charge in [-0.15, -0.1) is 0 Å². The number of rotatable bonds is 4. The number of hydrogen-bond acceptors (Lipinski definition) is 4. The number of allylic oxidation sites excluding steroid dienone is 3. The van der Waals surface area contributed by atoms with Gasteiger partial charge in [0.1, 0.15) is 4.75 Å². The molecule has 3 fully saturated rings. The monoisotopic (exact) mass is 443 g/mol. The molecule has 31 heavy (non-hydrogen) atoms. The number of amides is 2. The molecule has 0 aromatic rings. The zero-order valence-electron chi connectivity index (χ0n) is 19.3. The van der Waals surface area contributed by atoms with Gasteiger partial charge in [0, 0.05) is 13.1 Å². The Morgan fingerprint density at radius 3 is 2.55 bits per heavy atom. The molecule has 5 nitrogen and oxygen atoms in total. The van der Waals surface area contributed by atoms with Crippen LogP contribution in [-0.4, -0.2) is 45.8 Å². The van der Waals surface area contributed by atoms with Gasteiger partial charge >= 0.3 is 0 Å². The van der Waals surface area contributed by atoms with E-state index in [1.165, 1.54) is 19.3 Å². The van der Waals surface area contributed by atoms with E-state index in [2.05, 4.69) is 39.1 Å². The molecule has 6 heteroatoms. The van der Waals surface area contributed by atoms with E-state index in [1.807, 2.05) is 23.1 Å². The van der Waals surface area contributed by atoms with Crippen LogP contribution in [0.25, 0.3) is 0 Å². The summed E-state index contributed by atoms with van der Waals surface area (Å²) in [5.41, 5.74) is 0. The predicted octanol–water partition coefficient (Wildman–Crippen LogP) is 4.41. The Morgan fingerprint density at radius 2 is 1.90 bits per heavy atom. The summed E-state index contributed by atoms with van der Waals surface area (Å²) >= 11 is 1.62. The number of carbonyl (C=O) groups is 2. The first kappa shape index (κ1) is 22.6. The number of likely N-dealkylation sites (tertiary alicyclic amines) is 1. The van der Waals surface area contributed by atoms with Gasteiger partial charge in [-0.1, -0.05) is 56.3 Å². The largest absolute Gasteiger partial charge is 0.342 e. The first-order chi connectivity index (χ1) is 14.8. The molecule has 170 valence electrons. The molecule has 2 aliphatic heterocycles. The number of hydrogen-bond donors (Lipinski definition) is 1. The minimum absolute atomic E-state index is 0.0557. The number of nitrogens with one attached hydrogen (secondary N) is 1. The van der Waals surface area contributed by atoms with E-state index in [0.717, 1.165) is 37.0 Å². The van der Waals surface area contributed by atoms with Crippen LogP contribution in [0.3, 0.4) is 0 Å². The van der Waals surface area contributed by atoms with Crippen molar-refractivity contribution in [1.29, 1.82) is 0 Å². The fourth-order valence-electron chi connectivity index (χ4n) is 5.69. The van der Waals surface area contributed by atoms with Crippen LogP contribution in [0.4, 0.5) is 0 Å². The summed E-state index contributed by atoms with van der Waals surface area (Å²) in [6, 6.07) is 0.258. The molecule has 4 aliphatic rings. The van der Waals surface area contributed by atoms with Crippen molar-refractivity contribution >= 4 is 28.7 Å². The van der Waals surface area contributed by atoms with Crippen LogP contribution in [0.15, 0.2) is 29.3 Å². The molecule has 6 unspecified atom stereocenters. The van der Waals surface area contributed by atoms with Crippen LogP contribution >= 0.6 is 11.8 Å². The molecule has 0 aromatic carbocycles. The van der Waals surface area contributed by atoms with E-state index in [4.69, 9.17) is 4.99 Å². The summed E-state index contributed by atoms with van der Waals surface area (Å²) in [4.78, 5) is 32.9. The second-order valence-electron chi connectivity index (χ2n) is 10.3. The van der Waals surface area contributed by atoms with Crippen molar-refractivity contribution in [3.05, 3.63) is 24.3 Å². The van der Waals surface area contributed by atoms with Crippen molar-refractivity contribution in [3.63, 3.8) is 0 Å². The lowest BCUT2D eigenvalue weighted by Gasteiger charge is -2.39. The fraction of sp³-hybridized carbons (Fsp3) is 0.720. The Kier molecular flexibility index (Phi) is 6.66. The minimum Gasteiger partial charge on any atom is -0.342 e. The smallest absolute Gasteiger partial charge is 0.242 e. The third kappa shape index (κ3) is 4.64. The van der Waals surface area contributed by atoms with Crippen molar-refractivity contribution in [1.82, 2.24) is 10.2 Å². The number of aliphatic imine (C=N–C) groups is 1. The molecular weight excluding hydrogens is 406 g/mol. The van der Waals surface area contributed by atoms with Crippen LogP contribution < -0.4 is 5.32 Å². The maximum absolute atomic E-state index is 13.0. The van der Waals surface area contributed by atoms with Gasteiger partial charge in [0.15, 0.2) is 5.17 Å². The molecule has 2 amide bonds. The highest BCUT2D eigenvalue weighted by atomic mass is 32.2. The van der Waals surface area contributed by atoms with E-state index in [1.54, 1.807) is 11.8 Å². The first-order valence-corrected chi connectivity index (χ1v) is 12.8. The fourth-order valence-corrected chi connectivity index (χ4v) is 7.00. The van der Waals surface area contributed by atoms with E-state index in [-0.39, 0.29) is 35.6 Å². The Labute approximate surface area is 191 Å². The van der Waals surface area contributed by atoms with Gasteiger partial charge in [-0.2, -0.15) is 0 Å². The highest BCUT2D eigenvalue weighted by molar-refractivity contribution is 8.16. The van der Waals surface area contributed by atoms with Gasteiger partial charge in [-0.05, 0) is 63.2 Å². The number of nitrogens with zero attached hydrogens (tertiary/aromatic N) is 2. The summed E-state index contributed by atoms with van der Waals surface area (Å²) in [7, 11) is 0. The number of thioether (sulfide) groups is 1. The molecule has 1 N–H and O–H groups in total. The van der Waals surface area contributed by atoms with Crippen molar-refractivity contribution in [2.75, 3.05) is 13.1 Å². The van der Waals surface area contributed by atoms with Crippen LogP contribution in [0.1, 0.15) is 59.8 Å². The molecule has 4 rings (SSSR count). The highest BCUT2D eigenvalue weighted by Crippen LogP contribution is 2.44. The summed E-state index contributed by atoms with van der Waals surface area (Å²) < 4.78 is -0.489. The number of piperidine rings is 1. The lowest BCUT2D eigenvalue weighted by Crippen LogP contribution is -2.49. The van der Waals surface area contributed by atoms with Crippen LogP contribution in [0.2, 0.25) is 0 Å². The van der Waals surface area contributed by atoms with Gasteiger partial charge in [0.05, 0.1) is 12.0 Å². The Hall–Kier alpha value is -1.56. The molecule has 2 aliphatic carbocycles. The Bertz CT molecular complexity index is 799. The molecule has 0 bridgehead atoms. The van der Waals surface area contributed by atoms with E-state index in [0.29, 0.717) is 5.92 Å². The molecule has 2 saturated heterocycles. The van der Waals surface area contributed by atoms with Gasteiger partial charge < -0.3 is 10.2 Å². The third-order valence-electron chi connectivity index (χ3n) is 8.00. The van der Waals surface area contributed by atoms with Crippen molar-refractivity contribution in [3.8, 4) is 0 Å². The second kappa shape index (κ2) is 9.13. The summed E-state index contributed by atoms with van der Waals surface area (Å²) in [6.07, 6.45) is 13.6. The lowest BCUT2D eigenvalue weighted by atomic mass is 9.83. The molecule has 0 spiro atoms. The van der Waals surface area contributed by atoms with E-state index < -0.39 is 4.75 Å². The summed E-state index contributed by atoms with van der Waals surface area (Å²) in [5, 5.41) is 3.87. The molecule has 2 heterocycles. The zero-order chi connectivity index (χ0) is 22.2. The van der Waals surface area contributed by atoms with E-state index in [9.17, 15) is 9.59 Å². The lowest BCUT2D eigenvalue weighted by molar-refractivity contribution is -0.136. The van der Waals surface area contributed by atoms with Crippen molar-refractivity contribution < 1.29 is 9.59 Å². The second-order valence-corrected chi connectivity index (χ2v) is 11.7. The number of amidine groups is 1. The van der Waals surface area contributed by atoms with Crippen LogP contribution in [0.5, 0.6) is 0 Å². The quantitative estimate of drug-likeness (QED) is 0.700. The van der Waals surface area contributed by atoms with Gasteiger partial charge in [-0.25, -0.2) is 0 Å². The van der Waals surface area contributed by atoms with Crippen molar-refractivity contribution in [2.45, 2.75) is 70.6 Å². The standard InChI is InChI=1S/C25H37N3O2S/c1-16-9-10-19(15-16)18(3)26-24-27-23(30)25(4,31-24)20-11-13-28(14-12-20)22(29)21-8-6-5-7-17(21)2/h5-8,16-21H,9-15H2,1-4H3,(H,26,27,30). The van der Waals surface area contributed by atoms with Crippen molar-refractivity contribution in [2.24, 2.45) is 34.6 Å². The molecule has 1 saturated carbocycles. The van der Waals surface area contributed by atoms with Gasteiger partial charge in [-0.3, -0.25) is 14.6 Å². The summed E-state index contributed by atoms with van der Waals surface area (Å²) in [5.74, 6) is 2.18. The maximum Gasteiger partial charge on any atom is 0.242 e. The molecular formula is C25H37N3O2S. The zero-order valence-corrected chi connectivity index (χ0v) is 20.2. The third-order valence-corrected chi connectivity index (χ3v) is 9.34. The normalized spacial score (nSPS) is 38.6. The highest BCUT2D eigenvalue weighted by Gasteiger charge is 2.49. The molecule has 6 atom stereocenters. The van der Waals surface area contributed by atoms with Crippen LogP contribution in [0, 0.1) is 29.6 Å². The predicted molar refractivity (Wildman–Crippen MR) is 128 cm³/mol. The maximum atomic E-state index is 13.0. The topological polar surface area (TPSA) is 61.8 Å². The molecule has 0 radical (unpaired) electrons. The molecule has 0 aromatic heterocycles. The summed E-state index contributed by atoms with van der Waals surface area (Å²) in [6.45, 7) is 10.1. The SMILES string of the molecule is CC1CCC(C(C)N=C2NC(=O)C(C)(C3CCN(C(=O)C4C=CC=CC4C)CC3)S2)C1. The average Bonchev–Trinajstić information content (AvgIpc) is 3.31. The van der Waals surface area contributed by atoms with E-state index >= 15 is 0 Å². The van der Waals surface area contributed by atoms with Crippen LogP contribution in [-0.2, 0) is 9.59 Å². The van der Waals surface area contributed by atoms with Gasteiger partial charge in [0.2, 0.25) is 11.8 Å². The minimum atomic E-state index is -0.489. The average molecular weight is 444 g/mol.